The number of nitrogens with one attached hydrogen (secondary N) is 1. The Balaban J connectivity index is 1.58. The third kappa shape index (κ3) is 8.62. The summed E-state index contributed by atoms with van der Waals surface area (Å²) in [5, 5.41) is 3.31. The summed E-state index contributed by atoms with van der Waals surface area (Å²) >= 11 is 1.60. The van der Waals surface area contributed by atoms with E-state index in [1.54, 1.807) is 23.8 Å². The van der Waals surface area contributed by atoms with Crippen LogP contribution in [0.3, 0.4) is 0 Å². The normalized spacial score (nSPS) is 14.4. The van der Waals surface area contributed by atoms with Crippen LogP contribution in [0.5, 0.6) is 5.75 Å². The van der Waals surface area contributed by atoms with Gasteiger partial charge < -0.3 is 15.0 Å². The first-order chi connectivity index (χ1) is 19.0. The van der Waals surface area contributed by atoms with Crippen molar-refractivity contribution in [2.75, 3.05) is 12.9 Å². The number of ether oxygens (including phenoxy) is 1. The average Bonchev–Trinajstić information content (AvgIpc) is 2.97. The molecule has 0 aliphatic heterocycles. The molecule has 0 spiro atoms. The van der Waals surface area contributed by atoms with Crippen LogP contribution in [0.1, 0.15) is 54.4 Å². The lowest BCUT2D eigenvalue weighted by molar-refractivity contribution is -0.139. The molecule has 1 aliphatic rings. The quantitative estimate of drug-likeness (QED) is 0.290. The van der Waals surface area contributed by atoms with Crippen LogP contribution in [0.25, 0.3) is 0 Å². The van der Waals surface area contributed by atoms with Gasteiger partial charge in [0.25, 0.3) is 0 Å². The number of rotatable bonds is 12. The Kier molecular flexibility index (Phi) is 10.9. The van der Waals surface area contributed by atoms with Crippen molar-refractivity contribution in [1.29, 1.82) is 0 Å². The minimum absolute atomic E-state index is 0.0314. The fourth-order valence-corrected chi connectivity index (χ4v) is 6.16. The molecule has 0 unspecified atom stereocenters. The molecule has 3 aromatic rings. The molecule has 1 atom stereocenters. The number of carbonyl (C=O) groups is 2. The second-order valence-electron chi connectivity index (χ2n) is 10.3. The van der Waals surface area contributed by atoms with Crippen molar-refractivity contribution < 1.29 is 14.3 Å². The standard InChI is InChI=1S/C33H40N2O3S/c1-25-12-9-10-16-28(25)23-39-24-32(36)35(22-27-15-11-19-30(20-27)38-2)31(21-26-13-5-3-6-14-26)33(37)34-29-17-7-4-8-18-29/h3,5-6,9-16,19-20,29,31H,4,7-8,17-18,21-24H2,1-2H3,(H,34,37)/t31-/m0/s1. The molecule has 0 saturated heterocycles. The molecule has 2 amide bonds. The number of aryl methyl sites for hydroxylation is 1. The summed E-state index contributed by atoms with van der Waals surface area (Å²) in [7, 11) is 1.64. The van der Waals surface area contributed by atoms with E-state index in [2.05, 4.69) is 24.4 Å². The molecule has 6 heteroatoms. The van der Waals surface area contributed by atoms with E-state index in [-0.39, 0.29) is 17.9 Å². The van der Waals surface area contributed by atoms with Crippen molar-refractivity contribution in [3.05, 3.63) is 101 Å². The van der Waals surface area contributed by atoms with Crippen LogP contribution in [0.4, 0.5) is 0 Å². The number of thioether (sulfide) groups is 1. The number of amides is 2. The molecule has 5 nitrogen and oxygen atoms in total. The Morgan fingerprint density at radius 1 is 0.949 bits per heavy atom. The maximum atomic E-state index is 13.9. The summed E-state index contributed by atoms with van der Waals surface area (Å²) in [5.41, 5.74) is 4.43. The molecule has 3 aromatic carbocycles. The molecule has 0 aromatic heterocycles. The predicted octanol–water partition coefficient (Wildman–Crippen LogP) is 6.33. The van der Waals surface area contributed by atoms with Gasteiger partial charge in [0.1, 0.15) is 11.8 Å². The van der Waals surface area contributed by atoms with E-state index in [9.17, 15) is 9.59 Å². The van der Waals surface area contributed by atoms with Crippen molar-refractivity contribution >= 4 is 23.6 Å². The smallest absolute Gasteiger partial charge is 0.243 e. The Morgan fingerprint density at radius 3 is 2.41 bits per heavy atom. The zero-order valence-electron chi connectivity index (χ0n) is 23.1. The van der Waals surface area contributed by atoms with Gasteiger partial charge in [-0.15, -0.1) is 11.8 Å². The van der Waals surface area contributed by atoms with Crippen LogP contribution < -0.4 is 10.1 Å². The summed E-state index contributed by atoms with van der Waals surface area (Å²) in [5.74, 6) is 1.70. The summed E-state index contributed by atoms with van der Waals surface area (Å²) in [4.78, 5) is 29.6. The first-order valence-corrected chi connectivity index (χ1v) is 15.1. The molecule has 0 bridgehead atoms. The van der Waals surface area contributed by atoms with Crippen molar-refractivity contribution in [2.45, 2.75) is 69.8 Å². The Morgan fingerprint density at radius 2 is 1.67 bits per heavy atom. The molecule has 1 N–H and O–H groups in total. The lowest BCUT2D eigenvalue weighted by atomic mass is 9.94. The molecular formula is C33H40N2O3S. The van der Waals surface area contributed by atoms with E-state index in [4.69, 9.17) is 4.74 Å². The van der Waals surface area contributed by atoms with Crippen LogP contribution in [-0.4, -0.2) is 41.7 Å². The van der Waals surface area contributed by atoms with Crippen molar-refractivity contribution in [2.24, 2.45) is 0 Å². The van der Waals surface area contributed by atoms with E-state index in [0.29, 0.717) is 18.7 Å². The SMILES string of the molecule is COc1cccc(CN(C(=O)CSCc2ccccc2C)[C@@H](Cc2ccccc2)C(=O)NC2CCCCC2)c1. The van der Waals surface area contributed by atoms with Gasteiger partial charge in [0.15, 0.2) is 0 Å². The molecule has 0 heterocycles. The fraction of sp³-hybridized carbons (Fsp3) is 0.394. The number of nitrogens with zero attached hydrogens (tertiary/aromatic N) is 1. The second kappa shape index (κ2) is 14.8. The Hall–Kier alpha value is -3.25. The first kappa shape index (κ1) is 28.8. The summed E-state index contributed by atoms with van der Waals surface area (Å²) in [6.45, 7) is 2.44. The molecule has 1 fully saturated rings. The monoisotopic (exact) mass is 544 g/mol. The van der Waals surface area contributed by atoms with Gasteiger partial charge in [0.2, 0.25) is 11.8 Å². The summed E-state index contributed by atoms with van der Waals surface area (Å²) in [6, 6.07) is 25.6. The highest BCUT2D eigenvalue weighted by molar-refractivity contribution is 7.99. The van der Waals surface area contributed by atoms with Gasteiger partial charge in [-0.1, -0.05) is 86.0 Å². The van der Waals surface area contributed by atoms with Crippen LogP contribution in [0.15, 0.2) is 78.9 Å². The maximum absolute atomic E-state index is 13.9. The van der Waals surface area contributed by atoms with Crippen molar-refractivity contribution in [1.82, 2.24) is 10.2 Å². The highest BCUT2D eigenvalue weighted by atomic mass is 32.2. The number of benzene rings is 3. The zero-order chi connectivity index (χ0) is 27.5. The van der Waals surface area contributed by atoms with Crippen LogP contribution in [-0.2, 0) is 28.3 Å². The molecule has 1 aliphatic carbocycles. The van der Waals surface area contributed by atoms with E-state index in [1.807, 2.05) is 66.7 Å². The van der Waals surface area contributed by atoms with Gasteiger partial charge in [-0.25, -0.2) is 0 Å². The van der Waals surface area contributed by atoms with Gasteiger partial charge in [-0.2, -0.15) is 0 Å². The van der Waals surface area contributed by atoms with Gasteiger partial charge in [0, 0.05) is 24.8 Å². The summed E-state index contributed by atoms with van der Waals surface area (Å²) < 4.78 is 5.44. The molecule has 0 radical (unpaired) electrons. The third-order valence-corrected chi connectivity index (χ3v) is 8.42. The lowest BCUT2D eigenvalue weighted by Crippen LogP contribution is -2.53. The first-order valence-electron chi connectivity index (χ1n) is 13.9. The molecule has 4 rings (SSSR count). The number of methoxy groups -OCH3 is 1. The van der Waals surface area contributed by atoms with E-state index >= 15 is 0 Å². The molecule has 1 saturated carbocycles. The van der Waals surface area contributed by atoms with E-state index < -0.39 is 6.04 Å². The highest BCUT2D eigenvalue weighted by Crippen LogP contribution is 2.23. The highest BCUT2D eigenvalue weighted by Gasteiger charge is 2.32. The predicted molar refractivity (Wildman–Crippen MR) is 160 cm³/mol. The van der Waals surface area contributed by atoms with Crippen LogP contribution in [0, 0.1) is 6.92 Å². The molecular weight excluding hydrogens is 504 g/mol. The minimum Gasteiger partial charge on any atom is -0.497 e. The van der Waals surface area contributed by atoms with Gasteiger partial charge in [-0.3, -0.25) is 9.59 Å². The largest absolute Gasteiger partial charge is 0.497 e. The average molecular weight is 545 g/mol. The van der Waals surface area contributed by atoms with Crippen molar-refractivity contribution in [3.8, 4) is 5.75 Å². The minimum atomic E-state index is -0.605. The number of carbonyl (C=O) groups excluding carboxylic acids is 2. The fourth-order valence-electron chi connectivity index (χ4n) is 5.17. The van der Waals surface area contributed by atoms with Gasteiger partial charge in [0.05, 0.1) is 12.9 Å². The maximum Gasteiger partial charge on any atom is 0.243 e. The van der Waals surface area contributed by atoms with Crippen LogP contribution in [0.2, 0.25) is 0 Å². The number of hydrogen-bond donors (Lipinski definition) is 1. The molecule has 206 valence electrons. The number of hydrogen-bond acceptors (Lipinski definition) is 4. The van der Waals surface area contributed by atoms with Gasteiger partial charge >= 0.3 is 0 Å². The van der Waals surface area contributed by atoms with E-state index in [0.717, 1.165) is 48.3 Å². The van der Waals surface area contributed by atoms with E-state index in [1.165, 1.54) is 17.5 Å². The Labute approximate surface area is 237 Å². The Bertz CT molecular complexity index is 1210. The second-order valence-corrected chi connectivity index (χ2v) is 11.3. The third-order valence-electron chi connectivity index (χ3n) is 7.45. The zero-order valence-corrected chi connectivity index (χ0v) is 23.9. The summed E-state index contributed by atoms with van der Waals surface area (Å²) in [6.07, 6.45) is 5.96. The van der Waals surface area contributed by atoms with Crippen LogP contribution >= 0.6 is 11.8 Å². The molecule has 39 heavy (non-hydrogen) atoms. The lowest BCUT2D eigenvalue weighted by Gasteiger charge is -2.33. The topological polar surface area (TPSA) is 58.6 Å². The van der Waals surface area contributed by atoms with Crippen molar-refractivity contribution in [3.63, 3.8) is 0 Å². The van der Waals surface area contributed by atoms with Gasteiger partial charge in [-0.05, 0) is 54.2 Å².